The van der Waals surface area contributed by atoms with Crippen molar-refractivity contribution in [3.63, 3.8) is 0 Å². The molecule has 0 unspecified atom stereocenters. The van der Waals surface area contributed by atoms with Crippen molar-refractivity contribution in [3.05, 3.63) is 0 Å². The molecule has 1 fully saturated rings. The Hall–Kier alpha value is -0.830. The van der Waals surface area contributed by atoms with E-state index in [4.69, 9.17) is 5.11 Å². The lowest BCUT2D eigenvalue weighted by Crippen LogP contribution is -2.46. The van der Waals surface area contributed by atoms with Gasteiger partial charge in [0.05, 0.1) is 5.25 Å². The van der Waals surface area contributed by atoms with E-state index in [2.05, 4.69) is 0 Å². The molecule has 5 nitrogen and oxygen atoms in total. The maximum absolute atomic E-state index is 12.4. The fourth-order valence-electron chi connectivity index (χ4n) is 2.16. The molecule has 9 heteroatoms. The van der Waals surface area contributed by atoms with Gasteiger partial charge in [-0.05, 0) is 12.8 Å². The van der Waals surface area contributed by atoms with Crippen LogP contribution in [-0.2, 0) is 14.8 Å². The lowest BCUT2D eigenvalue weighted by molar-refractivity contribution is -0.146. The molecule has 0 amide bonds. The van der Waals surface area contributed by atoms with Gasteiger partial charge in [0.15, 0.2) is 0 Å². The normalized spacial score (nSPS) is 18.7. The summed E-state index contributed by atoms with van der Waals surface area (Å²) in [5.41, 5.74) is 0. The summed E-state index contributed by atoms with van der Waals surface area (Å²) in [6.07, 6.45) is -2.05. The van der Waals surface area contributed by atoms with Gasteiger partial charge in [-0.2, -0.15) is 17.5 Å². The molecule has 1 rings (SSSR count). The summed E-state index contributed by atoms with van der Waals surface area (Å²) in [5, 5.41) is 7.67. The Kier molecular flexibility index (Phi) is 5.19. The number of halogens is 3. The van der Waals surface area contributed by atoms with Crippen LogP contribution in [0, 0.1) is 0 Å². The van der Waals surface area contributed by atoms with E-state index < -0.39 is 40.5 Å². The van der Waals surface area contributed by atoms with Gasteiger partial charge in [0.1, 0.15) is 13.1 Å². The minimum atomic E-state index is -4.75. The number of alkyl halides is 3. The van der Waals surface area contributed by atoms with Crippen LogP contribution in [-0.4, -0.2) is 48.3 Å². The zero-order valence-corrected chi connectivity index (χ0v) is 11.0. The van der Waals surface area contributed by atoms with Gasteiger partial charge in [-0.15, -0.1) is 0 Å². The topological polar surface area (TPSA) is 74.7 Å². The lowest BCUT2D eigenvalue weighted by Gasteiger charge is -2.29. The first kappa shape index (κ1) is 16.2. The number of carbonyl (C=O) groups is 1. The van der Waals surface area contributed by atoms with Crippen molar-refractivity contribution in [3.8, 4) is 0 Å². The summed E-state index contributed by atoms with van der Waals surface area (Å²) in [4.78, 5) is 10.6. The van der Waals surface area contributed by atoms with Gasteiger partial charge < -0.3 is 5.11 Å². The molecule has 0 aromatic carbocycles. The molecular formula is C10H16F3NO4S. The molecule has 1 aliphatic carbocycles. The van der Waals surface area contributed by atoms with E-state index in [1.54, 1.807) is 0 Å². The molecular weight excluding hydrogens is 287 g/mol. The Labute approximate surface area is 109 Å². The van der Waals surface area contributed by atoms with Crippen LogP contribution in [0.2, 0.25) is 0 Å². The summed E-state index contributed by atoms with van der Waals surface area (Å²) in [6.45, 7) is -2.91. The van der Waals surface area contributed by atoms with E-state index in [0.717, 1.165) is 6.42 Å². The van der Waals surface area contributed by atoms with E-state index in [0.29, 0.717) is 12.8 Å². The number of aliphatic carboxylic acids is 1. The monoisotopic (exact) mass is 303 g/mol. The first-order valence-corrected chi connectivity index (χ1v) is 7.41. The average molecular weight is 303 g/mol. The molecule has 0 saturated heterocycles. The Morgan fingerprint density at radius 3 is 2.16 bits per heavy atom. The van der Waals surface area contributed by atoms with Gasteiger partial charge >= 0.3 is 12.1 Å². The molecule has 1 aliphatic rings. The van der Waals surface area contributed by atoms with E-state index in [-0.39, 0.29) is 17.1 Å². The Morgan fingerprint density at radius 2 is 1.74 bits per heavy atom. The van der Waals surface area contributed by atoms with Crippen molar-refractivity contribution in [1.82, 2.24) is 4.31 Å². The number of hydrogen-bond donors (Lipinski definition) is 1. The van der Waals surface area contributed by atoms with Crippen LogP contribution in [0.4, 0.5) is 13.2 Å². The maximum atomic E-state index is 12.4. The first-order valence-electron chi connectivity index (χ1n) is 5.90. The van der Waals surface area contributed by atoms with Crippen molar-refractivity contribution in [1.29, 1.82) is 0 Å². The molecule has 0 aliphatic heterocycles. The second-order valence-electron chi connectivity index (χ2n) is 4.58. The molecule has 0 bridgehead atoms. The molecule has 112 valence electrons. The van der Waals surface area contributed by atoms with Gasteiger partial charge in [-0.3, -0.25) is 4.79 Å². The number of nitrogens with zero attached hydrogens (tertiary/aromatic N) is 1. The van der Waals surface area contributed by atoms with Crippen LogP contribution in [0.25, 0.3) is 0 Å². The zero-order chi connectivity index (χ0) is 14.7. The standard InChI is InChI=1S/C10H16F3NO4S/c11-10(12,13)7-14(6-9(15)16)19(17,18)8-4-2-1-3-5-8/h8H,1-7H2,(H,15,16). The summed E-state index contributed by atoms with van der Waals surface area (Å²) in [7, 11) is -4.22. The van der Waals surface area contributed by atoms with Crippen molar-refractivity contribution >= 4 is 16.0 Å². The van der Waals surface area contributed by atoms with Gasteiger partial charge in [-0.25, -0.2) is 8.42 Å². The lowest BCUT2D eigenvalue weighted by atomic mass is 10.0. The molecule has 0 aromatic rings. The van der Waals surface area contributed by atoms with Crippen molar-refractivity contribution < 1.29 is 31.5 Å². The van der Waals surface area contributed by atoms with Gasteiger partial charge in [-0.1, -0.05) is 19.3 Å². The molecule has 0 spiro atoms. The van der Waals surface area contributed by atoms with Crippen LogP contribution in [0.5, 0.6) is 0 Å². The van der Waals surface area contributed by atoms with Crippen molar-refractivity contribution in [2.45, 2.75) is 43.5 Å². The molecule has 19 heavy (non-hydrogen) atoms. The maximum Gasteiger partial charge on any atom is 0.402 e. The highest BCUT2D eigenvalue weighted by atomic mass is 32.2. The third kappa shape index (κ3) is 4.98. The number of hydrogen-bond acceptors (Lipinski definition) is 3. The molecule has 0 atom stereocenters. The number of rotatable bonds is 5. The van der Waals surface area contributed by atoms with Gasteiger partial charge in [0.2, 0.25) is 10.0 Å². The molecule has 0 aromatic heterocycles. The minimum absolute atomic E-state index is 0.0331. The van der Waals surface area contributed by atoms with Crippen LogP contribution >= 0.6 is 0 Å². The predicted molar refractivity (Wildman–Crippen MR) is 61.1 cm³/mol. The third-order valence-corrected chi connectivity index (χ3v) is 5.29. The van der Waals surface area contributed by atoms with Crippen molar-refractivity contribution in [2.75, 3.05) is 13.1 Å². The highest BCUT2D eigenvalue weighted by Crippen LogP contribution is 2.28. The van der Waals surface area contributed by atoms with Crippen LogP contribution < -0.4 is 0 Å². The number of sulfonamides is 1. The molecule has 1 saturated carbocycles. The average Bonchev–Trinajstić information content (AvgIpc) is 2.27. The number of carboxylic acid groups (broad SMARTS) is 1. The van der Waals surface area contributed by atoms with Crippen molar-refractivity contribution in [2.24, 2.45) is 0 Å². The minimum Gasteiger partial charge on any atom is -0.480 e. The van der Waals surface area contributed by atoms with E-state index in [9.17, 15) is 26.4 Å². The number of carboxylic acids is 1. The smallest absolute Gasteiger partial charge is 0.402 e. The van der Waals surface area contributed by atoms with Crippen LogP contribution in [0.15, 0.2) is 0 Å². The Balaban J connectivity index is 2.90. The van der Waals surface area contributed by atoms with E-state index in [1.165, 1.54) is 0 Å². The van der Waals surface area contributed by atoms with E-state index >= 15 is 0 Å². The molecule has 0 radical (unpaired) electrons. The Bertz CT molecular complexity index is 415. The SMILES string of the molecule is O=C(O)CN(CC(F)(F)F)S(=O)(=O)C1CCCCC1. The van der Waals surface area contributed by atoms with Crippen LogP contribution in [0.1, 0.15) is 32.1 Å². The highest BCUT2D eigenvalue weighted by molar-refractivity contribution is 7.89. The highest BCUT2D eigenvalue weighted by Gasteiger charge is 2.41. The molecule has 0 heterocycles. The second kappa shape index (κ2) is 6.08. The van der Waals surface area contributed by atoms with Gasteiger partial charge in [0, 0.05) is 0 Å². The summed E-state index contributed by atoms with van der Waals surface area (Å²) in [6, 6.07) is 0. The summed E-state index contributed by atoms with van der Waals surface area (Å²) in [5.74, 6) is -1.59. The first-order chi connectivity index (χ1) is 8.63. The zero-order valence-electron chi connectivity index (χ0n) is 10.2. The quantitative estimate of drug-likeness (QED) is 0.837. The fraction of sp³-hybridized carbons (Fsp3) is 0.900. The third-order valence-electron chi connectivity index (χ3n) is 3.00. The Morgan fingerprint density at radius 1 is 1.21 bits per heavy atom. The van der Waals surface area contributed by atoms with Crippen LogP contribution in [0.3, 0.4) is 0 Å². The van der Waals surface area contributed by atoms with E-state index in [1.807, 2.05) is 0 Å². The second-order valence-corrected chi connectivity index (χ2v) is 6.79. The predicted octanol–water partition coefficient (Wildman–Crippen LogP) is 1.60. The largest absolute Gasteiger partial charge is 0.480 e. The summed E-state index contributed by atoms with van der Waals surface area (Å²) >= 11 is 0. The molecule has 1 N–H and O–H groups in total. The van der Waals surface area contributed by atoms with Gasteiger partial charge in [0.25, 0.3) is 0 Å². The fourth-order valence-corrected chi connectivity index (χ4v) is 4.13. The summed E-state index contributed by atoms with van der Waals surface area (Å²) < 4.78 is 61.2.